The molecule has 0 aliphatic heterocycles. The first-order valence-electron chi connectivity index (χ1n) is 8.94. The molecule has 8 heteroatoms. The van der Waals surface area contributed by atoms with Gasteiger partial charge in [-0.3, -0.25) is 10.1 Å². The molecule has 2 aromatic rings. The van der Waals surface area contributed by atoms with Gasteiger partial charge in [-0.1, -0.05) is 31.0 Å². The number of aromatic nitrogens is 2. The van der Waals surface area contributed by atoms with Crippen molar-refractivity contribution >= 4 is 45.3 Å². The fourth-order valence-electron chi connectivity index (χ4n) is 3.14. The molecule has 0 saturated heterocycles. The third-order valence-electron chi connectivity index (χ3n) is 4.77. The highest BCUT2D eigenvalue weighted by Gasteiger charge is 2.22. The molecule has 2 heterocycles. The van der Waals surface area contributed by atoms with Crippen molar-refractivity contribution in [2.45, 2.75) is 69.2 Å². The van der Waals surface area contributed by atoms with Gasteiger partial charge in [0, 0.05) is 16.3 Å². The molecule has 0 spiro atoms. The zero-order chi connectivity index (χ0) is 18.7. The van der Waals surface area contributed by atoms with E-state index in [1.165, 1.54) is 29.4 Å². The Morgan fingerprint density at radius 2 is 1.96 bits per heavy atom. The molecule has 0 radical (unpaired) electrons. The minimum Gasteiger partial charge on any atom is -0.335 e. The van der Waals surface area contributed by atoms with Crippen LogP contribution in [0, 0.1) is 13.8 Å². The third-order valence-corrected chi connectivity index (χ3v) is 6.98. The Balaban J connectivity index is 1.61. The number of hydrogen-bond donors (Lipinski definition) is 2. The Kier molecular flexibility index (Phi) is 6.13. The molecule has 26 heavy (non-hydrogen) atoms. The molecule has 1 saturated carbocycles. The van der Waals surface area contributed by atoms with Gasteiger partial charge in [0.25, 0.3) is 0 Å². The molecule has 1 aliphatic rings. The van der Waals surface area contributed by atoms with Crippen molar-refractivity contribution in [2.75, 3.05) is 0 Å². The Labute approximate surface area is 161 Å². The summed E-state index contributed by atoms with van der Waals surface area (Å²) in [6.45, 7) is 5.89. The molecule has 3 rings (SSSR count). The molecule has 1 unspecified atom stereocenters. The number of nitrogens with one attached hydrogen (secondary N) is 2. The van der Waals surface area contributed by atoms with E-state index < -0.39 is 11.3 Å². The molecule has 0 aromatic carbocycles. The average molecular weight is 393 g/mol. The van der Waals surface area contributed by atoms with Crippen LogP contribution in [0.4, 0.5) is 4.79 Å². The lowest BCUT2D eigenvalue weighted by atomic mass is 9.96. The van der Waals surface area contributed by atoms with Crippen LogP contribution < -0.4 is 10.6 Å². The standard InChI is InChI=1S/C18H24N4O2S2/c1-10-11(2)25-16-14(10)17(20-9-19-16)26-12(3)15(23)22-18(24)21-13-7-5-4-6-8-13/h9,12-13H,4-8H2,1-3H3,(H2,21,22,23,24). The van der Waals surface area contributed by atoms with E-state index in [4.69, 9.17) is 0 Å². The number of hydrogen-bond acceptors (Lipinski definition) is 6. The summed E-state index contributed by atoms with van der Waals surface area (Å²) in [5.74, 6) is -0.306. The minimum absolute atomic E-state index is 0.178. The van der Waals surface area contributed by atoms with Gasteiger partial charge in [-0.2, -0.15) is 0 Å². The molecule has 1 fully saturated rings. The number of carbonyl (C=O) groups is 2. The first-order valence-corrected chi connectivity index (χ1v) is 10.6. The summed E-state index contributed by atoms with van der Waals surface area (Å²) < 4.78 is 0. The van der Waals surface area contributed by atoms with Crippen molar-refractivity contribution in [3.05, 3.63) is 16.8 Å². The highest BCUT2D eigenvalue weighted by molar-refractivity contribution is 8.00. The summed E-state index contributed by atoms with van der Waals surface area (Å²) in [5, 5.41) is 6.74. The molecule has 2 N–H and O–H groups in total. The van der Waals surface area contributed by atoms with Crippen LogP contribution in [0.3, 0.4) is 0 Å². The fraction of sp³-hybridized carbons (Fsp3) is 0.556. The molecule has 1 aliphatic carbocycles. The summed E-state index contributed by atoms with van der Waals surface area (Å²) >= 11 is 2.99. The van der Waals surface area contributed by atoms with E-state index in [-0.39, 0.29) is 11.9 Å². The number of fused-ring (bicyclic) bond motifs is 1. The molecular weight excluding hydrogens is 368 g/mol. The van der Waals surface area contributed by atoms with E-state index >= 15 is 0 Å². The van der Waals surface area contributed by atoms with Crippen LogP contribution in [-0.2, 0) is 4.79 Å². The Hall–Kier alpha value is -1.67. The topological polar surface area (TPSA) is 84.0 Å². The number of carbonyl (C=O) groups excluding carboxylic acids is 2. The largest absolute Gasteiger partial charge is 0.335 e. The molecule has 6 nitrogen and oxygen atoms in total. The quantitative estimate of drug-likeness (QED) is 0.608. The summed E-state index contributed by atoms with van der Waals surface area (Å²) in [6.07, 6.45) is 6.99. The fourth-order valence-corrected chi connectivity index (χ4v) is 5.18. The van der Waals surface area contributed by atoms with Gasteiger partial charge in [0.2, 0.25) is 5.91 Å². The number of rotatable bonds is 4. The first-order chi connectivity index (χ1) is 12.5. The van der Waals surface area contributed by atoms with Crippen LogP contribution in [0.25, 0.3) is 10.2 Å². The second-order valence-electron chi connectivity index (χ2n) is 6.70. The zero-order valence-corrected chi connectivity index (χ0v) is 16.9. The van der Waals surface area contributed by atoms with Crippen molar-refractivity contribution < 1.29 is 9.59 Å². The summed E-state index contributed by atoms with van der Waals surface area (Å²) in [6, 6.07) is -0.220. The highest BCUT2D eigenvalue weighted by Crippen LogP contribution is 2.35. The maximum absolute atomic E-state index is 12.4. The number of thioether (sulfide) groups is 1. The number of nitrogens with zero attached hydrogens (tertiary/aromatic N) is 2. The second-order valence-corrected chi connectivity index (χ2v) is 9.23. The maximum atomic E-state index is 12.4. The lowest BCUT2D eigenvalue weighted by Gasteiger charge is -2.23. The monoisotopic (exact) mass is 392 g/mol. The average Bonchev–Trinajstić information content (AvgIpc) is 2.91. The first kappa shape index (κ1) is 19.1. The van der Waals surface area contributed by atoms with Crippen LogP contribution in [0.2, 0.25) is 0 Å². The molecular formula is C18H24N4O2S2. The van der Waals surface area contributed by atoms with E-state index in [1.807, 2.05) is 6.92 Å². The van der Waals surface area contributed by atoms with E-state index in [0.29, 0.717) is 0 Å². The van der Waals surface area contributed by atoms with Gasteiger partial charge in [0.1, 0.15) is 16.2 Å². The molecule has 2 aromatic heterocycles. The number of amides is 3. The highest BCUT2D eigenvalue weighted by atomic mass is 32.2. The Bertz CT molecular complexity index is 815. The third kappa shape index (κ3) is 4.35. The van der Waals surface area contributed by atoms with Gasteiger partial charge < -0.3 is 5.32 Å². The van der Waals surface area contributed by atoms with Gasteiger partial charge in [0.15, 0.2) is 0 Å². The van der Waals surface area contributed by atoms with Crippen molar-refractivity contribution in [3.63, 3.8) is 0 Å². The zero-order valence-electron chi connectivity index (χ0n) is 15.3. The van der Waals surface area contributed by atoms with E-state index in [1.54, 1.807) is 18.3 Å². The number of aryl methyl sites for hydroxylation is 2. The van der Waals surface area contributed by atoms with Gasteiger partial charge in [-0.25, -0.2) is 14.8 Å². The van der Waals surface area contributed by atoms with Crippen LogP contribution in [0.1, 0.15) is 49.5 Å². The lowest BCUT2D eigenvalue weighted by molar-refractivity contribution is -0.119. The minimum atomic E-state index is -0.426. The molecule has 0 bridgehead atoms. The van der Waals surface area contributed by atoms with E-state index in [0.717, 1.165) is 46.5 Å². The normalized spacial score (nSPS) is 16.4. The number of thiophene rings is 1. The molecule has 3 amide bonds. The summed E-state index contributed by atoms with van der Waals surface area (Å²) in [4.78, 5) is 35.3. The smallest absolute Gasteiger partial charge is 0.321 e. The second kappa shape index (κ2) is 8.35. The van der Waals surface area contributed by atoms with Gasteiger partial charge in [-0.05, 0) is 39.2 Å². The van der Waals surface area contributed by atoms with Gasteiger partial charge in [-0.15, -0.1) is 11.3 Å². The summed E-state index contributed by atoms with van der Waals surface area (Å²) in [7, 11) is 0. The van der Waals surface area contributed by atoms with Gasteiger partial charge >= 0.3 is 6.03 Å². The predicted octanol–water partition coefficient (Wildman–Crippen LogP) is 3.95. The van der Waals surface area contributed by atoms with Crippen molar-refractivity contribution in [3.8, 4) is 0 Å². The number of urea groups is 1. The van der Waals surface area contributed by atoms with Crippen LogP contribution >= 0.6 is 23.1 Å². The van der Waals surface area contributed by atoms with Crippen molar-refractivity contribution in [1.82, 2.24) is 20.6 Å². The Morgan fingerprint density at radius 1 is 1.23 bits per heavy atom. The number of imide groups is 1. The van der Waals surface area contributed by atoms with Crippen LogP contribution in [0.15, 0.2) is 11.4 Å². The lowest BCUT2D eigenvalue weighted by Crippen LogP contribution is -2.47. The Morgan fingerprint density at radius 3 is 2.69 bits per heavy atom. The van der Waals surface area contributed by atoms with E-state index in [2.05, 4.69) is 27.5 Å². The van der Waals surface area contributed by atoms with Gasteiger partial charge in [0.05, 0.1) is 5.25 Å². The summed E-state index contributed by atoms with van der Waals surface area (Å²) in [5.41, 5.74) is 1.15. The molecule has 140 valence electrons. The van der Waals surface area contributed by atoms with E-state index in [9.17, 15) is 9.59 Å². The molecule has 1 atom stereocenters. The van der Waals surface area contributed by atoms with Crippen molar-refractivity contribution in [2.24, 2.45) is 0 Å². The maximum Gasteiger partial charge on any atom is 0.321 e. The SMILES string of the molecule is Cc1sc2ncnc(SC(C)C(=O)NC(=O)NC3CCCCC3)c2c1C. The predicted molar refractivity (Wildman–Crippen MR) is 106 cm³/mol. The van der Waals surface area contributed by atoms with Crippen LogP contribution in [-0.4, -0.2) is 33.2 Å². The van der Waals surface area contributed by atoms with Crippen molar-refractivity contribution in [1.29, 1.82) is 0 Å². The van der Waals surface area contributed by atoms with Crippen LogP contribution in [0.5, 0.6) is 0 Å².